The van der Waals surface area contributed by atoms with Crippen LogP contribution in [0.5, 0.6) is 0 Å². The molecule has 0 radical (unpaired) electrons. The third-order valence-electron chi connectivity index (χ3n) is 6.84. The van der Waals surface area contributed by atoms with Crippen molar-refractivity contribution in [1.29, 1.82) is 0 Å². The standard InChI is InChI=1S/C23H36/c1-3-4-5-19-8-12-21(13-9-19)23-16-14-22(15-17-23)20-10-6-18(2)7-11-20/h6-7,10-11,19,21-23H,3-5,8-9,12-17H2,1-2H3/t19-,21-,22-,23-. The first-order valence-corrected chi connectivity index (χ1v) is 10.3. The third-order valence-corrected chi connectivity index (χ3v) is 6.84. The zero-order valence-electron chi connectivity index (χ0n) is 15.4. The summed E-state index contributed by atoms with van der Waals surface area (Å²) < 4.78 is 0. The molecule has 128 valence electrons. The molecular formula is C23H36. The molecule has 0 aliphatic heterocycles. The van der Waals surface area contributed by atoms with E-state index in [-0.39, 0.29) is 0 Å². The van der Waals surface area contributed by atoms with Crippen LogP contribution in [-0.4, -0.2) is 0 Å². The van der Waals surface area contributed by atoms with Crippen LogP contribution >= 0.6 is 0 Å². The Morgan fingerprint density at radius 3 is 1.91 bits per heavy atom. The van der Waals surface area contributed by atoms with Crippen molar-refractivity contribution in [3.8, 4) is 0 Å². The maximum atomic E-state index is 2.37. The van der Waals surface area contributed by atoms with Crippen LogP contribution in [0.2, 0.25) is 0 Å². The van der Waals surface area contributed by atoms with Crippen LogP contribution in [0.25, 0.3) is 0 Å². The molecule has 0 atom stereocenters. The summed E-state index contributed by atoms with van der Waals surface area (Å²) in [4.78, 5) is 0. The Hall–Kier alpha value is -0.780. The van der Waals surface area contributed by atoms with Gasteiger partial charge in [0.2, 0.25) is 0 Å². The van der Waals surface area contributed by atoms with Gasteiger partial charge in [-0.3, -0.25) is 0 Å². The molecule has 0 heterocycles. The summed E-state index contributed by atoms with van der Waals surface area (Å²) in [6, 6.07) is 9.33. The number of aryl methyl sites for hydroxylation is 1. The average Bonchev–Trinajstić information content (AvgIpc) is 2.61. The van der Waals surface area contributed by atoms with Crippen LogP contribution in [-0.2, 0) is 0 Å². The van der Waals surface area contributed by atoms with Gasteiger partial charge in [-0.2, -0.15) is 0 Å². The molecule has 2 aliphatic rings. The molecule has 0 heteroatoms. The number of unbranched alkanes of at least 4 members (excludes halogenated alkanes) is 1. The van der Waals surface area contributed by atoms with E-state index in [2.05, 4.69) is 38.1 Å². The summed E-state index contributed by atoms with van der Waals surface area (Å²) in [7, 11) is 0. The van der Waals surface area contributed by atoms with Gasteiger partial charge in [-0.15, -0.1) is 0 Å². The van der Waals surface area contributed by atoms with Gasteiger partial charge < -0.3 is 0 Å². The Labute approximate surface area is 144 Å². The maximum absolute atomic E-state index is 2.37. The Morgan fingerprint density at radius 1 is 0.783 bits per heavy atom. The molecule has 2 saturated carbocycles. The normalized spacial score (nSPS) is 31.9. The van der Waals surface area contributed by atoms with Crippen molar-refractivity contribution in [2.75, 3.05) is 0 Å². The molecule has 0 aromatic heterocycles. The van der Waals surface area contributed by atoms with Gasteiger partial charge in [0, 0.05) is 0 Å². The molecule has 1 aromatic carbocycles. The van der Waals surface area contributed by atoms with Crippen LogP contribution in [0.4, 0.5) is 0 Å². The SMILES string of the molecule is CCCC[C@H]1CC[C@H]([C@H]2CC[C@H](c3ccc(C)cc3)CC2)CC1. The molecule has 0 saturated heterocycles. The Bertz CT molecular complexity index is 441. The van der Waals surface area contributed by atoms with Gasteiger partial charge in [0.05, 0.1) is 0 Å². The van der Waals surface area contributed by atoms with Crippen molar-refractivity contribution in [3.63, 3.8) is 0 Å². The van der Waals surface area contributed by atoms with E-state index in [9.17, 15) is 0 Å². The Kier molecular flexibility index (Phi) is 6.20. The van der Waals surface area contributed by atoms with Crippen molar-refractivity contribution in [2.24, 2.45) is 17.8 Å². The smallest absolute Gasteiger partial charge is 0.0162 e. The number of hydrogen-bond acceptors (Lipinski definition) is 0. The minimum absolute atomic E-state index is 0.841. The summed E-state index contributed by atoms with van der Waals surface area (Å²) in [5.74, 6) is 4.01. The monoisotopic (exact) mass is 312 g/mol. The lowest BCUT2D eigenvalue weighted by atomic mass is 9.68. The van der Waals surface area contributed by atoms with Gasteiger partial charge in [0.1, 0.15) is 0 Å². The van der Waals surface area contributed by atoms with Gasteiger partial charge >= 0.3 is 0 Å². The molecular weight excluding hydrogens is 276 g/mol. The second kappa shape index (κ2) is 8.36. The lowest BCUT2D eigenvalue weighted by Crippen LogP contribution is -2.25. The zero-order chi connectivity index (χ0) is 16.1. The molecule has 1 aromatic rings. The number of benzene rings is 1. The highest BCUT2D eigenvalue weighted by Gasteiger charge is 2.31. The second-order valence-corrected chi connectivity index (χ2v) is 8.45. The number of hydrogen-bond donors (Lipinski definition) is 0. The second-order valence-electron chi connectivity index (χ2n) is 8.45. The van der Waals surface area contributed by atoms with Gasteiger partial charge in [-0.1, -0.05) is 68.9 Å². The first kappa shape index (κ1) is 17.1. The van der Waals surface area contributed by atoms with Crippen molar-refractivity contribution < 1.29 is 0 Å². The molecule has 0 N–H and O–H groups in total. The predicted octanol–water partition coefficient (Wildman–Crippen LogP) is 7.27. The van der Waals surface area contributed by atoms with Crippen LogP contribution in [0.3, 0.4) is 0 Å². The molecule has 2 fully saturated rings. The van der Waals surface area contributed by atoms with E-state index in [0.29, 0.717) is 0 Å². The van der Waals surface area contributed by atoms with Crippen molar-refractivity contribution >= 4 is 0 Å². The highest BCUT2D eigenvalue weighted by Crippen LogP contribution is 2.44. The van der Waals surface area contributed by atoms with Crippen molar-refractivity contribution in [1.82, 2.24) is 0 Å². The van der Waals surface area contributed by atoms with E-state index in [4.69, 9.17) is 0 Å². The van der Waals surface area contributed by atoms with E-state index in [0.717, 1.165) is 23.7 Å². The van der Waals surface area contributed by atoms with Gasteiger partial charge in [0.15, 0.2) is 0 Å². The van der Waals surface area contributed by atoms with Gasteiger partial charge in [0.25, 0.3) is 0 Å². The summed E-state index contributed by atoms with van der Waals surface area (Å²) in [6.07, 6.45) is 16.3. The summed E-state index contributed by atoms with van der Waals surface area (Å²) >= 11 is 0. The van der Waals surface area contributed by atoms with Gasteiger partial charge in [-0.05, 0) is 74.7 Å². The minimum atomic E-state index is 0.841. The average molecular weight is 313 g/mol. The van der Waals surface area contributed by atoms with E-state index in [1.54, 1.807) is 5.56 Å². The fourth-order valence-electron chi connectivity index (χ4n) is 5.20. The summed E-state index contributed by atoms with van der Waals surface area (Å²) in [6.45, 7) is 4.52. The predicted molar refractivity (Wildman–Crippen MR) is 101 cm³/mol. The van der Waals surface area contributed by atoms with E-state index < -0.39 is 0 Å². The van der Waals surface area contributed by atoms with Crippen LogP contribution < -0.4 is 0 Å². The molecule has 0 unspecified atom stereocenters. The molecule has 0 nitrogen and oxygen atoms in total. The van der Waals surface area contributed by atoms with E-state index in [1.165, 1.54) is 76.2 Å². The van der Waals surface area contributed by atoms with Crippen molar-refractivity contribution in [3.05, 3.63) is 35.4 Å². The third kappa shape index (κ3) is 4.61. The Morgan fingerprint density at radius 2 is 1.35 bits per heavy atom. The largest absolute Gasteiger partial charge is 0.0654 e. The lowest BCUT2D eigenvalue weighted by molar-refractivity contribution is 0.156. The minimum Gasteiger partial charge on any atom is -0.0654 e. The van der Waals surface area contributed by atoms with E-state index >= 15 is 0 Å². The molecule has 2 aliphatic carbocycles. The molecule has 0 spiro atoms. The first-order chi connectivity index (χ1) is 11.3. The van der Waals surface area contributed by atoms with Crippen LogP contribution in [0, 0.1) is 24.7 Å². The molecule has 3 rings (SSSR count). The number of rotatable bonds is 5. The fourth-order valence-corrected chi connectivity index (χ4v) is 5.20. The molecule has 0 bridgehead atoms. The highest BCUT2D eigenvalue weighted by molar-refractivity contribution is 5.24. The molecule has 0 amide bonds. The van der Waals surface area contributed by atoms with Gasteiger partial charge in [-0.25, -0.2) is 0 Å². The summed E-state index contributed by atoms with van der Waals surface area (Å²) in [5.41, 5.74) is 2.99. The van der Waals surface area contributed by atoms with Crippen LogP contribution in [0.15, 0.2) is 24.3 Å². The Balaban J connectivity index is 1.43. The molecule has 23 heavy (non-hydrogen) atoms. The maximum Gasteiger partial charge on any atom is -0.0162 e. The van der Waals surface area contributed by atoms with E-state index in [1.807, 2.05) is 0 Å². The topological polar surface area (TPSA) is 0 Å². The lowest BCUT2D eigenvalue weighted by Gasteiger charge is -2.38. The highest BCUT2D eigenvalue weighted by atomic mass is 14.4. The zero-order valence-corrected chi connectivity index (χ0v) is 15.4. The first-order valence-electron chi connectivity index (χ1n) is 10.3. The van der Waals surface area contributed by atoms with Crippen molar-refractivity contribution in [2.45, 2.75) is 90.4 Å². The van der Waals surface area contributed by atoms with Crippen LogP contribution in [0.1, 0.15) is 94.6 Å². The summed E-state index contributed by atoms with van der Waals surface area (Å²) in [5, 5.41) is 0. The fraction of sp³-hybridized carbons (Fsp3) is 0.739. The quantitative estimate of drug-likeness (QED) is 0.536.